The van der Waals surface area contributed by atoms with E-state index in [1.807, 2.05) is 0 Å². The topological polar surface area (TPSA) is 92.2 Å². The Bertz CT molecular complexity index is 832. The average molecular weight is 269 g/mol. The van der Waals surface area contributed by atoms with Gasteiger partial charge in [0.25, 0.3) is 5.91 Å². The van der Waals surface area contributed by atoms with Crippen molar-refractivity contribution >= 4 is 11.7 Å². The Morgan fingerprint density at radius 2 is 2.05 bits per heavy atom. The number of aromatic amines is 1. The molecule has 1 aromatic carbocycles. The number of carbonyl (C=O) groups excluding carboxylic acids is 1. The van der Waals surface area contributed by atoms with Gasteiger partial charge in [0, 0.05) is 24.4 Å². The standard InChI is InChI=1S/C13H11N5O2/c1-14-11(19)9-4-2-8(3-5-9)10-6-18-7-15-13(20)17-12(18)16-10/h2-7H,1H3,(H,14,19)(H,16,17,20). The van der Waals surface area contributed by atoms with E-state index in [4.69, 9.17) is 0 Å². The molecule has 7 heteroatoms. The van der Waals surface area contributed by atoms with Gasteiger partial charge in [0.15, 0.2) is 0 Å². The zero-order valence-corrected chi connectivity index (χ0v) is 10.6. The molecule has 100 valence electrons. The fourth-order valence-electron chi connectivity index (χ4n) is 1.89. The number of hydrogen-bond acceptors (Lipinski definition) is 4. The number of aromatic nitrogens is 4. The zero-order valence-electron chi connectivity index (χ0n) is 10.6. The van der Waals surface area contributed by atoms with Crippen LogP contribution in [-0.4, -0.2) is 32.3 Å². The fourth-order valence-corrected chi connectivity index (χ4v) is 1.89. The predicted molar refractivity (Wildman–Crippen MR) is 72.4 cm³/mol. The van der Waals surface area contributed by atoms with Crippen molar-refractivity contribution in [2.75, 3.05) is 7.05 Å². The summed E-state index contributed by atoms with van der Waals surface area (Å²) < 4.78 is 1.63. The monoisotopic (exact) mass is 269 g/mol. The molecular formula is C13H11N5O2. The number of fused-ring (bicyclic) bond motifs is 1. The maximum absolute atomic E-state index is 11.5. The van der Waals surface area contributed by atoms with Gasteiger partial charge in [-0.25, -0.2) is 9.78 Å². The van der Waals surface area contributed by atoms with Gasteiger partial charge in [-0.1, -0.05) is 12.1 Å². The van der Waals surface area contributed by atoms with Gasteiger partial charge >= 0.3 is 5.69 Å². The fraction of sp³-hybridized carbons (Fsp3) is 0.0769. The summed E-state index contributed by atoms with van der Waals surface area (Å²) in [6, 6.07) is 7.05. The van der Waals surface area contributed by atoms with Crippen molar-refractivity contribution < 1.29 is 4.79 Å². The minimum atomic E-state index is -0.440. The SMILES string of the molecule is CNC(=O)c1ccc(-c2cn3cnc(=O)[nH]c3n2)cc1. The third kappa shape index (κ3) is 2.05. The number of hydrogen-bond donors (Lipinski definition) is 2. The lowest BCUT2D eigenvalue weighted by molar-refractivity contribution is 0.0963. The molecule has 0 saturated heterocycles. The number of nitrogens with one attached hydrogen (secondary N) is 2. The van der Waals surface area contributed by atoms with Gasteiger partial charge in [0.05, 0.1) is 5.69 Å². The van der Waals surface area contributed by atoms with Crippen LogP contribution >= 0.6 is 0 Å². The molecule has 7 nitrogen and oxygen atoms in total. The van der Waals surface area contributed by atoms with E-state index < -0.39 is 5.69 Å². The summed E-state index contributed by atoms with van der Waals surface area (Å²) in [5, 5.41) is 2.56. The number of rotatable bonds is 2. The summed E-state index contributed by atoms with van der Waals surface area (Å²) in [7, 11) is 1.59. The minimum absolute atomic E-state index is 0.139. The third-order valence-electron chi connectivity index (χ3n) is 2.92. The van der Waals surface area contributed by atoms with Crippen LogP contribution in [0.3, 0.4) is 0 Å². The van der Waals surface area contributed by atoms with Crippen LogP contribution in [0.25, 0.3) is 17.0 Å². The van der Waals surface area contributed by atoms with E-state index >= 15 is 0 Å². The normalized spacial score (nSPS) is 10.7. The largest absolute Gasteiger partial charge is 0.355 e. The van der Waals surface area contributed by atoms with Gasteiger partial charge in [-0.3, -0.25) is 14.2 Å². The molecule has 2 N–H and O–H groups in total. The van der Waals surface area contributed by atoms with E-state index in [-0.39, 0.29) is 5.91 Å². The van der Waals surface area contributed by atoms with Gasteiger partial charge in [0.2, 0.25) is 5.78 Å². The zero-order chi connectivity index (χ0) is 14.1. The molecule has 2 heterocycles. The summed E-state index contributed by atoms with van der Waals surface area (Å²) in [4.78, 5) is 33.0. The molecule has 0 aliphatic carbocycles. The molecule has 0 radical (unpaired) electrons. The van der Waals surface area contributed by atoms with Gasteiger partial charge in [-0.2, -0.15) is 4.98 Å². The molecule has 0 aliphatic rings. The van der Waals surface area contributed by atoms with Gasteiger partial charge in [-0.15, -0.1) is 0 Å². The summed E-state index contributed by atoms with van der Waals surface area (Å²) in [5.74, 6) is 0.287. The smallest absolute Gasteiger partial charge is 0.349 e. The van der Waals surface area contributed by atoms with Crippen LogP contribution in [0.15, 0.2) is 41.6 Å². The third-order valence-corrected chi connectivity index (χ3v) is 2.92. The van der Waals surface area contributed by atoms with E-state index in [1.165, 1.54) is 6.33 Å². The van der Waals surface area contributed by atoms with Crippen LogP contribution in [0.5, 0.6) is 0 Å². The highest BCUT2D eigenvalue weighted by atomic mass is 16.1. The maximum Gasteiger partial charge on any atom is 0.349 e. The Hall–Kier alpha value is -2.96. The molecule has 2 aromatic heterocycles. The molecule has 0 spiro atoms. The van der Waals surface area contributed by atoms with E-state index in [9.17, 15) is 9.59 Å². The van der Waals surface area contributed by atoms with Crippen molar-refractivity contribution in [3.8, 4) is 11.3 Å². The Kier molecular flexibility index (Phi) is 2.79. The van der Waals surface area contributed by atoms with E-state index in [2.05, 4.69) is 20.3 Å². The van der Waals surface area contributed by atoms with Crippen LogP contribution in [0.4, 0.5) is 0 Å². The summed E-state index contributed by atoms with van der Waals surface area (Å²) in [5.41, 5.74) is 1.68. The Balaban J connectivity index is 2.02. The number of nitrogens with zero attached hydrogens (tertiary/aromatic N) is 3. The predicted octanol–water partition coefficient (Wildman–Crippen LogP) is 0.444. The van der Waals surface area contributed by atoms with Crippen LogP contribution in [-0.2, 0) is 0 Å². The van der Waals surface area contributed by atoms with E-state index in [0.717, 1.165) is 5.56 Å². The Morgan fingerprint density at radius 1 is 1.30 bits per heavy atom. The summed E-state index contributed by atoms with van der Waals surface area (Å²) >= 11 is 0. The molecule has 3 rings (SSSR count). The molecular weight excluding hydrogens is 258 g/mol. The number of benzene rings is 1. The summed E-state index contributed by atoms with van der Waals surface area (Å²) in [6.07, 6.45) is 3.16. The molecule has 0 bridgehead atoms. The van der Waals surface area contributed by atoms with Gasteiger partial charge in [0.1, 0.15) is 6.33 Å². The molecule has 0 atom stereocenters. The number of carbonyl (C=O) groups is 1. The number of H-pyrrole nitrogens is 1. The van der Waals surface area contributed by atoms with Crippen LogP contribution < -0.4 is 11.0 Å². The molecule has 0 unspecified atom stereocenters. The first-order chi connectivity index (χ1) is 9.67. The van der Waals surface area contributed by atoms with E-state index in [1.54, 1.807) is 41.9 Å². The molecule has 20 heavy (non-hydrogen) atoms. The second kappa shape index (κ2) is 4.61. The van der Waals surface area contributed by atoms with Gasteiger partial charge in [-0.05, 0) is 12.1 Å². The van der Waals surface area contributed by atoms with Crippen molar-refractivity contribution in [1.82, 2.24) is 24.7 Å². The average Bonchev–Trinajstić information content (AvgIpc) is 2.89. The molecule has 0 aliphatic heterocycles. The highest BCUT2D eigenvalue weighted by molar-refractivity contribution is 5.94. The first-order valence-electron chi connectivity index (χ1n) is 5.94. The van der Waals surface area contributed by atoms with Crippen molar-refractivity contribution in [1.29, 1.82) is 0 Å². The lowest BCUT2D eigenvalue weighted by atomic mass is 10.1. The highest BCUT2D eigenvalue weighted by Gasteiger charge is 2.07. The van der Waals surface area contributed by atoms with Crippen LogP contribution in [0.1, 0.15) is 10.4 Å². The first kappa shape index (κ1) is 12.1. The van der Waals surface area contributed by atoms with Crippen LogP contribution in [0.2, 0.25) is 0 Å². The Labute approximate surface area is 113 Å². The highest BCUT2D eigenvalue weighted by Crippen LogP contribution is 2.18. The summed E-state index contributed by atoms with van der Waals surface area (Å²) in [6.45, 7) is 0. The lowest BCUT2D eigenvalue weighted by Gasteiger charge is -2.00. The van der Waals surface area contributed by atoms with Crippen LogP contribution in [0, 0.1) is 0 Å². The lowest BCUT2D eigenvalue weighted by Crippen LogP contribution is -2.17. The number of imidazole rings is 1. The number of amides is 1. The minimum Gasteiger partial charge on any atom is -0.355 e. The second-order valence-electron chi connectivity index (χ2n) is 4.19. The van der Waals surface area contributed by atoms with Gasteiger partial charge < -0.3 is 5.32 Å². The van der Waals surface area contributed by atoms with E-state index in [0.29, 0.717) is 17.0 Å². The molecule has 0 saturated carbocycles. The molecule has 3 aromatic rings. The van der Waals surface area contributed by atoms with Crippen molar-refractivity contribution in [2.24, 2.45) is 0 Å². The molecule has 0 fully saturated rings. The first-order valence-corrected chi connectivity index (χ1v) is 5.94. The van der Waals surface area contributed by atoms with Crippen molar-refractivity contribution in [3.05, 3.63) is 52.8 Å². The maximum atomic E-state index is 11.5. The van der Waals surface area contributed by atoms with Crippen molar-refractivity contribution in [2.45, 2.75) is 0 Å². The quantitative estimate of drug-likeness (QED) is 0.706. The Morgan fingerprint density at radius 3 is 2.75 bits per heavy atom. The molecule has 1 amide bonds. The second-order valence-corrected chi connectivity index (χ2v) is 4.19. The van der Waals surface area contributed by atoms with Crippen molar-refractivity contribution in [3.63, 3.8) is 0 Å².